The van der Waals surface area contributed by atoms with Gasteiger partial charge >= 0.3 is 0 Å². The van der Waals surface area contributed by atoms with Crippen LogP contribution in [-0.4, -0.2) is 33.3 Å². The number of hydrogen-bond donors (Lipinski definition) is 2. The predicted octanol–water partition coefficient (Wildman–Crippen LogP) is 1.56. The molecule has 0 radical (unpaired) electrons. The number of halogens is 1. The summed E-state index contributed by atoms with van der Waals surface area (Å²) in [7, 11) is 3.69. The number of aryl methyl sites for hydroxylation is 1. The summed E-state index contributed by atoms with van der Waals surface area (Å²) >= 11 is 6.01. The fraction of sp³-hybridized carbons (Fsp3) is 0.364. The van der Waals surface area contributed by atoms with E-state index >= 15 is 0 Å². The molecule has 2 N–H and O–H groups in total. The lowest BCUT2D eigenvalue weighted by Crippen LogP contribution is -2.10. The van der Waals surface area contributed by atoms with Gasteiger partial charge in [0.1, 0.15) is 10.8 Å². The van der Waals surface area contributed by atoms with Crippen molar-refractivity contribution < 1.29 is 0 Å². The first-order valence-electron chi connectivity index (χ1n) is 5.61. The summed E-state index contributed by atoms with van der Waals surface area (Å²) in [5, 5.41) is 10.7. The summed E-state index contributed by atoms with van der Waals surface area (Å²) in [6.45, 7) is 0.736. The molecule has 96 valence electrons. The zero-order valence-corrected chi connectivity index (χ0v) is 11.1. The Kier molecular flexibility index (Phi) is 3.99. The van der Waals surface area contributed by atoms with E-state index in [-0.39, 0.29) is 0 Å². The zero-order chi connectivity index (χ0) is 13.0. The molecule has 2 rings (SSSR count). The lowest BCUT2D eigenvalue weighted by Gasteiger charge is -2.08. The molecule has 6 nitrogen and oxygen atoms in total. The first-order chi connectivity index (χ1) is 8.70. The van der Waals surface area contributed by atoms with Gasteiger partial charge < -0.3 is 10.6 Å². The average molecular weight is 267 g/mol. The number of nitrogens with one attached hydrogen (secondary N) is 2. The Morgan fingerprint density at radius 3 is 2.94 bits per heavy atom. The lowest BCUT2D eigenvalue weighted by molar-refractivity contribution is 0.711. The minimum Gasteiger partial charge on any atom is -0.368 e. The van der Waals surface area contributed by atoms with Crippen molar-refractivity contribution in [3.05, 3.63) is 29.2 Å². The van der Waals surface area contributed by atoms with Crippen LogP contribution < -0.4 is 10.6 Å². The molecule has 0 atom stereocenters. The third-order valence-corrected chi connectivity index (χ3v) is 2.84. The highest BCUT2D eigenvalue weighted by Gasteiger charge is 2.04. The maximum atomic E-state index is 6.01. The van der Waals surface area contributed by atoms with E-state index in [1.807, 2.05) is 17.8 Å². The van der Waals surface area contributed by atoms with Gasteiger partial charge in [-0.05, 0) is 6.07 Å². The van der Waals surface area contributed by atoms with E-state index in [4.69, 9.17) is 11.6 Å². The first kappa shape index (κ1) is 12.6. The number of nitrogens with zero attached hydrogens (tertiary/aromatic N) is 4. The van der Waals surface area contributed by atoms with E-state index in [0.29, 0.717) is 16.8 Å². The summed E-state index contributed by atoms with van der Waals surface area (Å²) in [5.41, 5.74) is 1.15. The van der Waals surface area contributed by atoms with Crippen molar-refractivity contribution >= 4 is 23.4 Å². The normalized spacial score (nSPS) is 10.4. The van der Waals surface area contributed by atoms with Crippen LogP contribution in [0.5, 0.6) is 0 Å². The summed E-state index contributed by atoms with van der Waals surface area (Å²) in [5.74, 6) is 1.18. The van der Waals surface area contributed by atoms with Gasteiger partial charge in [-0.2, -0.15) is 10.1 Å². The fourth-order valence-electron chi connectivity index (χ4n) is 1.57. The van der Waals surface area contributed by atoms with Crippen LogP contribution in [0, 0.1) is 0 Å². The van der Waals surface area contributed by atoms with Gasteiger partial charge in [-0.25, -0.2) is 4.98 Å². The fourth-order valence-corrected chi connectivity index (χ4v) is 1.72. The van der Waals surface area contributed by atoms with Crippen LogP contribution in [0.3, 0.4) is 0 Å². The van der Waals surface area contributed by atoms with Crippen molar-refractivity contribution in [1.82, 2.24) is 19.7 Å². The third kappa shape index (κ3) is 2.89. The molecule has 7 heteroatoms. The topological polar surface area (TPSA) is 67.7 Å². The second kappa shape index (κ2) is 5.68. The van der Waals surface area contributed by atoms with Crippen LogP contribution in [0.15, 0.2) is 18.5 Å². The third-order valence-electron chi connectivity index (χ3n) is 2.56. The molecule has 0 fully saturated rings. The summed E-state index contributed by atoms with van der Waals surface area (Å²) in [4.78, 5) is 8.27. The van der Waals surface area contributed by atoms with Crippen LogP contribution in [0.25, 0.3) is 0 Å². The number of hydrogen-bond acceptors (Lipinski definition) is 5. The predicted molar refractivity (Wildman–Crippen MR) is 72.0 cm³/mol. The molecule has 2 heterocycles. The Morgan fingerprint density at radius 2 is 2.28 bits per heavy atom. The Morgan fingerprint density at radius 1 is 1.44 bits per heavy atom. The van der Waals surface area contributed by atoms with E-state index in [1.54, 1.807) is 19.4 Å². The van der Waals surface area contributed by atoms with Gasteiger partial charge in [-0.15, -0.1) is 0 Å². The Balaban J connectivity index is 1.96. The monoisotopic (exact) mass is 266 g/mol. The highest BCUT2D eigenvalue weighted by molar-refractivity contribution is 6.32. The molecule has 0 aliphatic carbocycles. The molecule has 2 aromatic rings. The van der Waals surface area contributed by atoms with Crippen LogP contribution in [0.1, 0.15) is 5.69 Å². The van der Waals surface area contributed by atoms with E-state index in [0.717, 1.165) is 18.7 Å². The molecule has 0 amide bonds. The summed E-state index contributed by atoms with van der Waals surface area (Å²) in [6, 6.07) is 1.99. The van der Waals surface area contributed by atoms with Crippen LogP contribution in [-0.2, 0) is 13.5 Å². The van der Waals surface area contributed by atoms with Gasteiger partial charge in [0, 0.05) is 39.0 Å². The van der Waals surface area contributed by atoms with Gasteiger partial charge in [0.15, 0.2) is 0 Å². The van der Waals surface area contributed by atoms with E-state index in [1.165, 1.54) is 0 Å². The highest BCUT2D eigenvalue weighted by atomic mass is 35.5. The van der Waals surface area contributed by atoms with Crippen molar-refractivity contribution in [2.45, 2.75) is 6.42 Å². The van der Waals surface area contributed by atoms with Crippen molar-refractivity contribution in [1.29, 1.82) is 0 Å². The SMILES string of the molecule is CNc1ncc(Cl)c(NCCc2ccnn2C)n1. The van der Waals surface area contributed by atoms with Gasteiger partial charge in [0.05, 0.1) is 6.20 Å². The summed E-state index contributed by atoms with van der Waals surface area (Å²) < 4.78 is 1.85. The Bertz CT molecular complexity index is 524. The average Bonchev–Trinajstić information content (AvgIpc) is 2.77. The number of rotatable bonds is 5. The molecule has 0 aliphatic heterocycles. The second-order valence-electron chi connectivity index (χ2n) is 3.76. The molecular weight excluding hydrogens is 252 g/mol. The van der Waals surface area contributed by atoms with E-state index in [9.17, 15) is 0 Å². The molecule has 2 aromatic heterocycles. The van der Waals surface area contributed by atoms with Crippen molar-refractivity contribution in [2.24, 2.45) is 7.05 Å². The first-order valence-corrected chi connectivity index (χ1v) is 5.99. The van der Waals surface area contributed by atoms with Crippen molar-refractivity contribution in [2.75, 3.05) is 24.2 Å². The number of anilines is 2. The molecule has 0 aromatic carbocycles. The largest absolute Gasteiger partial charge is 0.368 e. The summed E-state index contributed by atoms with van der Waals surface area (Å²) in [6.07, 6.45) is 4.21. The molecule has 18 heavy (non-hydrogen) atoms. The maximum absolute atomic E-state index is 6.01. The molecule has 0 aliphatic rings. The van der Waals surface area contributed by atoms with Gasteiger partial charge in [0.25, 0.3) is 0 Å². The minimum atomic E-state index is 0.513. The van der Waals surface area contributed by atoms with Crippen molar-refractivity contribution in [3.8, 4) is 0 Å². The maximum Gasteiger partial charge on any atom is 0.224 e. The molecule has 0 spiro atoms. The van der Waals surface area contributed by atoms with E-state index in [2.05, 4.69) is 25.7 Å². The molecule has 0 bridgehead atoms. The van der Waals surface area contributed by atoms with E-state index < -0.39 is 0 Å². The molecule has 0 saturated carbocycles. The smallest absolute Gasteiger partial charge is 0.224 e. The number of aromatic nitrogens is 4. The second-order valence-corrected chi connectivity index (χ2v) is 4.17. The zero-order valence-electron chi connectivity index (χ0n) is 10.3. The molecule has 0 unspecified atom stereocenters. The standard InChI is InChI=1S/C11H15ClN6/c1-13-11-15-7-9(12)10(17-11)14-5-3-8-4-6-16-18(8)2/h4,6-7H,3,5H2,1-2H3,(H2,13,14,15,17). The van der Waals surface area contributed by atoms with Gasteiger partial charge in [-0.3, -0.25) is 4.68 Å². The quantitative estimate of drug-likeness (QED) is 0.860. The minimum absolute atomic E-state index is 0.513. The van der Waals surface area contributed by atoms with Gasteiger partial charge in [-0.1, -0.05) is 11.6 Å². The Hall–Kier alpha value is -1.82. The van der Waals surface area contributed by atoms with Gasteiger partial charge in [0.2, 0.25) is 5.95 Å². The highest BCUT2D eigenvalue weighted by Crippen LogP contribution is 2.18. The van der Waals surface area contributed by atoms with Crippen LogP contribution in [0.4, 0.5) is 11.8 Å². The Labute approximate surface area is 110 Å². The van der Waals surface area contributed by atoms with Crippen LogP contribution in [0.2, 0.25) is 5.02 Å². The lowest BCUT2D eigenvalue weighted by atomic mass is 10.3. The van der Waals surface area contributed by atoms with Crippen molar-refractivity contribution in [3.63, 3.8) is 0 Å². The molecular formula is C11H15ClN6. The van der Waals surface area contributed by atoms with Crippen LogP contribution >= 0.6 is 11.6 Å². The molecule has 0 saturated heterocycles.